The number of aromatic amines is 2. The third-order valence-corrected chi connectivity index (χ3v) is 5.61. The molecule has 8 heteroatoms. The Hall–Kier alpha value is -5.03. The number of H-pyrrole nitrogens is 2. The van der Waals surface area contributed by atoms with Gasteiger partial charge in [0.2, 0.25) is 5.95 Å². The van der Waals surface area contributed by atoms with Gasteiger partial charge in [-0.1, -0.05) is 37.1 Å². The van der Waals surface area contributed by atoms with Gasteiger partial charge in [0.05, 0.1) is 11.9 Å². The highest BCUT2D eigenvalue weighted by atomic mass is 16.2. The summed E-state index contributed by atoms with van der Waals surface area (Å²) in [5, 5.41) is 2.73. The lowest BCUT2D eigenvalue weighted by Gasteiger charge is -2.01. The van der Waals surface area contributed by atoms with Gasteiger partial charge in [-0.3, -0.25) is 14.9 Å². The molecule has 3 N–H and O–H groups in total. The smallest absolute Gasteiger partial charge is 0.276 e. The van der Waals surface area contributed by atoms with Crippen LogP contribution in [0, 0.1) is 11.8 Å². The Morgan fingerprint density at radius 2 is 1.81 bits per heavy atom. The van der Waals surface area contributed by atoms with Crippen LogP contribution in [0.15, 0.2) is 73.1 Å². The van der Waals surface area contributed by atoms with Gasteiger partial charge in [0.1, 0.15) is 22.7 Å². The van der Waals surface area contributed by atoms with Crippen LogP contribution in [-0.2, 0) is 12.8 Å². The zero-order valence-electron chi connectivity index (χ0n) is 19.5. The number of carbonyl (C=O) groups is 2. The van der Waals surface area contributed by atoms with Gasteiger partial charge in [0, 0.05) is 23.5 Å². The fraction of sp³-hybridized carbons (Fsp3) is 0.107. The predicted molar refractivity (Wildman–Crippen MR) is 137 cm³/mol. The Kier molecular flexibility index (Phi) is 6.36. The number of para-hydroxylation sites is 1. The van der Waals surface area contributed by atoms with Gasteiger partial charge in [-0.25, -0.2) is 15.0 Å². The minimum absolute atomic E-state index is 0.126. The number of Topliss-reactive ketones (excluding diaryl/α,β-unsaturated/α-hetero) is 1. The Morgan fingerprint density at radius 1 is 0.972 bits per heavy atom. The fourth-order valence-corrected chi connectivity index (χ4v) is 3.72. The topological polar surface area (TPSA) is 116 Å². The molecule has 0 fully saturated rings. The molecule has 1 amide bonds. The summed E-state index contributed by atoms with van der Waals surface area (Å²) in [4.78, 5) is 44.5. The van der Waals surface area contributed by atoms with Gasteiger partial charge in [-0.05, 0) is 54.3 Å². The summed E-state index contributed by atoms with van der Waals surface area (Å²) in [6.07, 6.45) is 4.37. The number of rotatable bonds is 6. The van der Waals surface area contributed by atoms with Crippen molar-refractivity contribution in [3.05, 3.63) is 107 Å². The molecule has 0 saturated heterocycles. The number of nitrogens with one attached hydrogen (secondary N) is 3. The third kappa shape index (κ3) is 5.05. The van der Waals surface area contributed by atoms with Crippen LogP contribution in [0.5, 0.6) is 0 Å². The maximum Gasteiger partial charge on any atom is 0.276 e. The molecule has 0 aliphatic rings. The van der Waals surface area contributed by atoms with Crippen LogP contribution >= 0.6 is 0 Å². The van der Waals surface area contributed by atoms with E-state index in [9.17, 15) is 9.59 Å². The first-order valence-electron chi connectivity index (χ1n) is 11.5. The van der Waals surface area contributed by atoms with Crippen molar-refractivity contribution in [3.8, 4) is 11.8 Å². The highest BCUT2D eigenvalue weighted by Gasteiger charge is 2.17. The van der Waals surface area contributed by atoms with Crippen LogP contribution in [0.25, 0.3) is 11.0 Å². The number of hydrogen-bond acceptors (Lipinski definition) is 5. The Bertz CT molecular complexity index is 1610. The highest BCUT2D eigenvalue weighted by molar-refractivity contribution is 6.08. The van der Waals surface area contributed by atoms with Crippen molar-refractivity contribution in [2.24, 2.45) is 0 Å². The van der Waals surface area contributed by atoms with E-state index in [1.54, 1.807) is 48.8 Å². The maximum absolute atomic E-state index is 12.9. The number of amides is 1. The van der Waals surface area contributed by atoms with E-state index < -0.39 is 5.91 Å². The number of aryl methyl sites for hydroxylation is 1. The van der Waals surface area contributed by atoms with E-state index in [1.165, 1.54) is 5.56 Å². The number of anilines is 1. The van der Waals surface area contributed by atoms with E-state index >= 15 is 0 Å². The number of fused-ring (bicyclic) bond motifs is 1. The summed E-state index contributed by atoms with van der Waals surface area (Å²) in [6, 6.07) is 18.4. The summed E-state index contributed by atoms with van der Waals surface area (Å²) < 4.78 is 0. The number of aromatic nitrogens is 5. The van der Waals surface area contributed by atoms with Crippen molar-refractivity contribution in [3.63, 3.8) is 0 Å². The summed E-state index contributed by atoms with van der Waals surface area (Å²) in [5.74, 6) is 6.32. The first-order chi connectivity index (χ1) is 17.6. The van der Waals surface area contributed by atoms with Crippen molar-refractivity contribution in [2.45, 2.75) is 19.8 Å². The largest absolute Gasteiger partial charge is 0.348 e. The minimum atomic E-state index is -0.437. The summed E-state index contributed by atoms with van der Waals surface area (Å²) >= 11 is 0. The number of imidazole rings is 2. The van der Waals surface area contributed by atoms with Crippen molar-refractivity contribution in [1.82, 2.24) is 24.9 Å². The number of benzene rings is 2. The minimum Gasteiger partial charge on any atom is -0.348 e. The molecule has 36 heavy (non-hydrogen) atoms. The van der Waals surface area contributed by atoms with Gasteiger partial charge in [0.15, 0.2) is 5.78 Å². The normalized spacial score (nSPS) is 10.6. The number of nitrogens with zero attached hydrogens (tertiary/aromatic N) is 3. The Balaban J connectivity index is 1.33. The summed E-state index contributed by atoms with van der Waals surface area (Å²) in [7, 11) is 0. The molecular formula is C28H22N6O2. The van der Waals surface area contributed by atoms with Crippen LogP contribution in [-0.4, -0.2) is 36.6 Å². The molecule has 3 aromatic heterocycles. The van der Waals surface area contributed by atoms with Crippen LogP contribution in [0.2, 0.25) is 0 Å². The average molecular weight is 475 g/mol. The second-order valence-corrected chi connectivity index (χ2v) is 8.09. The van der Waals surface area contributed by atoms with E-state index in [4.69, 9.17) is 0 Å². The molecule has 0 aliphatic carbocycles. The molecule has 5 aromatic rings. The van der Waals surface area contributed by atoms with Crippen molar-refractivity contribution >= 4 is 28.7 Å². The lowest BCUT2D eigenvalue weighted by molar-refractivity contribution is 0.0990. The van der Waals surface area contributed by atoms with Crippen LogP contribution in [0.3, 0.4) is 0 Å². The van der Waals surface area contributed by atoms with Crippen molar-refractivity contribution in [1.29, 1.82) is 0 Å². The molecule has 3 heterocycles. The molecule has 0 radical (unpaired) electrons. The molecule has 0 aliphatic heterocycles. The maximum atomic E-state index is 12.9. The van der Waals surface area contributed by atoms with E-state index in [1.807, 2.05) is 24.3 Å². The van der Waals surface area contributed by atoms with Gasteiger partial charge in [-0.2, -0.15) is 0 Å². The summed E-state index contributed by atoms with van der Waals surface area (Å²) in [6.45, 7) is 2.10. The SMILES string of the molecule is CCc1ccc(C#Cc2cccc(C(=O)Nc3nc4c(C(=O)Cc5ncc[nH]5)cccc4[nH]3)n2)cc1. The first kappa shape index (κ1) is 22.7. The van der Waals surface area contributed by atoms with Crippen molar-refractivity contribution < 1.29 is 9.59 Å². The molecule has 2 aromatic carbocycles. The molecule has 5 rings (SSSR count). The zero-order valence-corrected chi connectivity index (χ0v) is 19.5. The number of ketones is 1. The van der Waals surface area contributed by atoms with Gasteiger partial charge >= 0.3 is 0 Å². The second kappa shape index (κ2) is 10.1. The third-order valence-electron chi connectivity index (χ3n) is 5.61. The molecule has 176 valence electrons. The molecule has 0 spiro atoms. The van der Waals surface area contributed by atoms with Gasteiger partial charge in [0.25, 0.3) is 5.91 Å². The molecule has 8 nitrogen and oxygen atoms in total. The van der Waals surface area contributed by atoms with Crippen molar-refractivity contribution in [2.75, 3.05) is 5.32 Å². The van der Waals surface area contributed by atoms with E-state index in [2.05, 4.69) is 49.0 Å². The van der Waals surface area contributed by atoms with Crippen LogP contribution in [0.1, 0.15) is 50.4 Å². The molecular weight excluding hydrogens is 452 g/mol. The molecule has 0 bridgehead atoms. The van der Waals surface area contributed by atoms with Crippen LogP contribution in [0.4, 0.5) is 5.95 Å². The average Bonchev–Trinajstić information content (AvgIpc) is 3.57. The van der Waals surface area contributed by atoms with Gasteiger partial charge < -0.3 is 9.97 Å². The lowest BCUT2D eigenvalue weighted by atomic mass is 10.1. The fourth-order valence-electron chi connectivity index (χ4n) is 3.72. The number of hydrogen-bond donors (Lipinski definition) is 3. The Labute approximate surface area is 207 Å². The Morgan fingerprint density at radius 3 is 2.58 bits per heavy atom. The quantitative estimate of drug-likeness (QED) is 0.250. The van der Waals surface area contributed by atoms with E-state index in [0.717, 1.165) is 12.0 Å². The van der Waals surface area contributed by atoms with Crippen LogP contribution < -0.4 is 5.32 Å². The van der Waals surface area contributed by atoms with Gasteiger partial charge in [-0.15, -0.1) is 0 Å². The zero-order chi connectivity index (χ0) is 24.9. The predicted octanol–water partition coefficient (Wildman–Crippen LogP) is 4.32. The first-order valence-corrected chi connectivity index (χ1v) is 11.5. The monoisotopic (exact) mass is 474 g/mol. The molecule has 0 saturated carbocycles. The van der Waals surface area contributed by atoms with E-state index in [-0.39, 0.29) is 23.8 Å². The number of carbonyl (C=O) groups excluding carboxylic acids is 2. The lowest BCUT2D eigenvalue weighted by Crippen LogP contribution is -2.15. The van der Waals surface area contributed by atoms with E-state index in [0.29, 0.717) is 28.1 Å². The second-order valence-electron chi connectivity index (χ2n) is 8.09. The molecule has 0 unspecified atom stereocenters. The summed E-state index contributed by atoms with van der Waals surface area (Å²) in [5.41, 5.74) is 4.38. The number of pyridine rings is 1. The standard InChI is InChI=1S/C28H22N6O2/c1-2-18-9-11-19(12-10-18)13-14-20-5-3-8-23(31-20)27(36)34-28-32-22-7-4-6-21(26(22)33-28)24(35)17-25-29-15-16-30-25/h3-12,15-16H,2,17H2,1H3,(H,29,30)(H2,32,33,34,36). The molecule has 0 atom stereocenters. The highest BCUT2D eigenvalue weighted by Crippen LogP contribution is 2.20.